The van der Waals surface area contributed by atoms with Crippen LogP contribution < -0.4 is 10.6 Å². The van der Waals surface area contributed by atoms with Crippen molar-refractivity contribution in [3.05, 3.63) is 34.6 Å². The van der Waals surface area contributed by atoms with Crippen LogP contribution in [0, 0.1) is 5.82 Å². The van der Waals surface area contributed by atoms with Gasteiger partial charge in [-0.2, -0.15) is 0 Å². The zero-order valence-corrected chi connectivity index (χ0v) is 14.1. The molecule has 5 nitrogen and oxygen atoms in total. The lowest BCUT2D eigenvalue weighted by molar-refractivity contribution is -0.131. The van der Waals surface area contributed by atoms with Crippen molar-refractivity contribution >= 4 is 23.4 Å². The molecule has 2 amide bonds. The average Bonchev–Trinajstić information content (AvgIpc) is 2.97. The second-order valence-electron chi connectivity index (χ2n) is 6.48. The number of rotatable bonds is 4. The monoisotopic (exact) mass is 353 g/mol. The molecular weight excluding hydrogens is 333 g/mol. The van der Waals surface area contributed by atoms with Crippen molar-refractivity contribution in [2.24, 2.45) is 0 Å². The summed E-state index contributed by atoms with van der Waals surface area (Å²) in [7, 11) is 0. The molecule has 0 aliphatic carbocycles. The Balaban J connectivity index is 1.50. The summed E-state index contributed by atoms with van der Waals surface area (Å²) in [4.78, 5) is 25.8. The summed E-state index contributed by atoms with van der Waals surface area (Å²) in [5.41, 5.74) is 0.879. The Labute approximate surface area is 145 Å². The second kappa shape index (κ2) is 7.49. The van der Waals surface area contributed by atoms with E-state index in [9.17, 15) is 14.0 Å². The zero-order valence-electron chi connectivity index (χ0n) is 13.4. The Bertz CT molecular complexity index is 640. The highest BCUT2D eigenvalue weighted by molar-refractivity contribution is 6.31. The van der Waals surface area contributed by atoms with Crippen LogP contribution in [0.25, 0.3) is 0 Å². The van der Waals surface area contributed by atoms with Gasteiger partial charge in [-0.15, -0.1) is 0 Å². The Morgan fingerprint density at radius 3 is 3.00 bits per heavy atom. The van der Waals surface area contributed by atoms with Crippen LogP contribution in [-0.4, -0.2) is 41.9 Å². The summed E-state index contributed by atoms with van der Waals surface area (Å²) in [6.45, 7) is 2.20. The molecule has 0 bridgehead atoms. The maximum Gasteiger partial charge on any atom is 0.242 e. The highest BCUT2D eigenvalue weighted by Crippen LogP contribution is 2.21. The van der Waals surface area contributed by atoms with Gasteiger partial charge >= 0.3 is 0 Å². The van der Waals surface area contributed by atoms with Crippen LogP contribution in [-0.2, 0) is 16.1 Å². The smallest absolute Gasteiger partial charge is 0.242 e. The van der Waals surface area contributed by atoms with Crippen LogP contribution in [0.15, 0.2) is 18.2 Å². The lowest BCUT2D eigenvalue weighted by Gasteiger charge is -2.24. The standard InChI is InChI=1S/C17H21ClFN3O2/c18-14-8-12(19)5-4-11(14)9-22-7-6-13(10-22)20-17(24)15-2-1-3-16(23)21-15/h4-5,8,13,15H,1-3,6-7,9-10H2,(H,20,24)(H,21,23)/t13-,15+/m0/s1. The molecule has 2 aliphatic heterocycles. The molecule has 2 aliphatic rings. The minimum atomic E-state index is -0.410. The van der Waals surface area contributed by atoms with E-state index in [0.717, 1.165) is 31.5 Å². The molecule has 2 saturated heterocycles. The van der Waals surface area contributed by atoms with Crippen molar-refractivity contribution in [2.45, 2.75) is 44.3 Å². The molecule has 24 heavy (non-hydrogen) atoms. The van der Waals surface area contributed by atoms with Crippen molar-refractivity contribution in [3.8, 4) is 0 Å². The number of nitrogens with one attached hydrogen (secondary N) is 2. The third kappa shape index (κ3) is 4.24. The number of carbonyl (C=O) groups is 2. The van der Waals surface area contributed by atoms with E-state index in [0.29, 0.717) is 24.4 Å². The highest BCUT2D eigenvalue weighted by atomic mass is 35.5. The predicted octanol–water partition coefficient (Wildman–Crippen LogP) is 1.84. The van der Waals surface area contributed by atoms with Crippen LogP contribution >= 0.6 is 11.6 Å². The molecule has 2 atom stereocenters. The van der Waals surface area contributed by atoms with E-state index in [4.69, 9.17) is 11.6 Å². The zero-order chi connectivity index (χ0) is 17.1. The largest absolute Gasteiger partial charge is 0.350 e. The topological polar surface area (TPSA) is 61.4 Å². The fraction of sp³-hybridized carbons (Fsp3) is 0.529. The maximum absolute atomic E-state index is 13.1. The average molecular weight is 354 g/mol. The number of hydrogen-bond acceptors (Lipinski definition) is 3. The van der Waals surface area contributed by atoms with Gasteiger partial charge in [-0.05, 0) is 37.0 Å². The molecule has 7 heteroatoms. The van der Waals surface area contributed by atoms with Gasteiger partial charge in [0.1, 0.15) is 11.9 Å². The number of halogens is 2. The first-order valence-electron chi connectivity index (χ1n) is 8.27. The minimum absolute atomic E-state index is 0.0552. The van der Waals surface area contributed by atoms with E-state index in [1.165, 1.54) is 12.1 Å². The van der Waals surface area contributed by atoms with Gasteiger partial charge in [-0.1, -0.05) is 17.7 Å². The Morgan fingerprint density at radius 2 is 2.25 bits per heavy atom. The molecule has 2 fully saturated rings. The quantitative estimate of drug-likeness (QED) is 0.868. The molecular formula is C17H21ClFN3O2. The van der Waals surface area contributed by atoms with Gasteiger partial charge in [0.05, 0.1) is 0 Å². The van der Waals surface area contributed by atoms with Gasteiger partial charge in [0.15, 0.2) is 0 Å². The van der Waals surface area contributed by atoms with Crippen molar-refractivity contribution in [3.63, 3.8) is 0 Å². The molecule has 2 heterocycles. The molecule has 2 N–H and O–H groups in total. The lowest BCUT2D eigenvalue weighted by Crippen LogP contribution is -2.51. The Morgan fingerprint density at radius 1 is 1.42 bits per heavy atom. The van der Waals surface area contributed by atoms with Crippen LogP contribution in [0.1, 0.15) is 31.2 Å². The van der Waals surface area contributed by atoms with Gasteiger partial charge in [0, 0.05) is 37.1 Å². The van der Waals surface area contributed by atoms with Crippen LogP contribution in [0.3, 0.4) is 0 Å². The molecule has 130 valence electrons. The molecule has 1 aromatic rings. The van der Waals surface area contributed by atoms with E-state index in [-0.39, 0.29) is 23.7 Å². The summed E-state index contributed by atoms with van der Waals surface area (Å²) in [6, 6.07) is 4.07. The first kappa shape index (κ1) is 17.2. The van der Waals surface area contributed by atoms with Crippen LogP contribution in [0.5, 0.6) is 0 Å². The van der Waals surface area contributed by atoms with E-state index in [2.05, 4.69) is 15.5 Å². The fourth-order valence-electron chi connectivity index (χ4n) is 3.29. The fourth-order valence-corrected chi connectivity index (χ4v) is 3.52. The summed E-state index contributed by atoms with van der Waals surface area (Å²) in [5, 5.41) is 6.18. The number of benzene rings is 1. The van der Waals surface area contributed by atoms with Gasteiger partial charge in [0.2, 0.25) is 11.8 Å². The van der Waals surface area contributed by atoms with Crippen molar-refractivity contribution in [1.82, 2.24) is 15.5 Å². The van der Waals surface area contributed by atoms with Crippen molar-refractivity contribution in [1.29, 1.82) is 0 Å². The van der Waals surface area contributed by atoms with Crippen molar-refractivity contribution in [2.75, 3.05) is 13.1 Å². The lowest BCUT2D eigenvalue weighted by atomic mass is 10.0. The second-order valence-corrected chi connectivity index (χ2v) is 6.88. The Hall–Kier alpha value is -1.66. The number of piperidine rings is 1. The summed E-state index contributed by atoms with van der Waals surface area (Å²) in [5.74, 6) is -0.500. The van der Waals surface area contributed by atoms with E-state index < -0.39 is 6.04 Å². The molecule has 0 aromatic heterocycles. The number of carbonyl (C=O) groups excluding carboxylic acids is 2. The van der Waals surface area contributed by atoms with Gasteiger partial charge in [-0.25, -0.2) is 4.39 Å². The van der Waals surface area contributed by atoms with E-state index in [1.807, 2.05) is 0 Å². The normalized spacial score (nSPS) is 24.7. The number of nitrogens with zero attached hydrogens (tertiary/aromatic N) is 1. The van der Waals surface area contributed by atoms with Gasteiger partial charge < -0.3 is 10.6 Å². The molecule has 0 unspecified atom stereocenters. The summed E-state index contributed by atoms with van der Waals surface area (Å²) in [6.07, 6.45) is 2.80. The first-order valence-corrected chi connectivity index (χ1v) is 8.65. The Kier molecular flexibility index (Phi) is 5.36. The van der Waals surface area contributed by atoms with Crippen molar-refractivity contribution < 1.29 is 14.0 Å². The molecule has 3 rings (SSSR count). The number of likely N-dealkylation sites (tertiary alicyclic amines) is 1. The van der Waals surface area contributed by atoms with E-state index >= 15 is 0 Å². The molecule has 0 spiro atoms. The molecule has 0 radical (unpaired) electrons. The van der Waals surface area contributed by atoms with Crippen LogP contribution in [0.2, 0.25) is 5.02 Å². The predicted molar refractivity (Wildman–Crippen MR) is 89.0 cm³/mol. The van der Waals surface area contributed by atoms with Gasteiger partial charge in [0.25, 0.3) is 0 Å². The summed E-state index contributed by atoms with van der Waals surface area (Å²) >= 11 is 6.07. The molecule has 1 aromatic carbocycles. The third-order valence-corrected chi connectivity index (χ3v) is 4.93. The van der Waals surface area contributed by atoms with Crippen LogP contribution in [0.4, 0.5) is 4.39 Å². The van der Waals surface area contributed by atoms with E-state index in [1.54, 1.807) is 6.07 Å². The number of hydrogen-bond donors (Lipinski definition) is 2. The molecule has 0 saturated carbocycles. The first-order chi connectivity index (χ1) is 11.5. The SMILES string of the molecule is O=C1CCC[C@H](C(=O)N[C@H]2CCN(Cc3ccc(F)cc3Cl)C2)N1. The maximum atomic E-state index is 13.1. The highest BCUT2D eigenvalue weighted by Gasteiger charge is 2.29. The number of amides is 2. The minimum Gasteiger partial charge on any atom is -0.350 e. The van der Waals surface area contributed by atoms with Gasteiger partial charge in [-0.3, -0.25) is 14.5 Å². The third-order valence-electron chi connectivity index (χ3n) is 4.58. The summed E-state index contributed by atoms with van der Waals surface area (Å²) < 4.78 is 13.1.